The number of carboxylic acid groups (broad SMARTS) is 1. The molecular formula is C12H31Cl2N2O6P. The molecule has 0 saturated carbocycles. The highest BCUT2D eigenvalue weighted by Crippen LogP contribution is 2.46. The lowest BCUT2D eigenvalue weighted by Crippen LogP contribution is -2.36. The van der Waals surface area contributed by atoms with E-state index in [-0.39, 0.29) is 13.2 Å². The first-order chi connectivity index (χ1) is 9.85. The number of hydrogen-bond acceptors (Lipinski definition) is 6. The Bertz CT molecular complexity index is 298. The van der Waals surface area contributed by atoms with Gasteiger partial charge in [0.05, 0.1) is 55.5 Å². The van der Waals surface area contributed by atoms with Crippen LogP contribution in [0.15, 0.2) is 0 Å². The smallest absolute Gasteiger partial charge is 0.186 e. The van der Waals surface area contributed by atoms with Crippen LogP contribution in [0.25, 0.3) is 0 Å². The number of halogens is 2. The molecule has 8 nitrogen and oxygen atoms in total. The van der Waals surface area contributed by atoms with Crippen molar-refractivity contribution >= 4 is 34.5 Å². The lowest BCUT2D eigenvalue weighted by atomic mass is 10.5. The Morgan fingerprint density at radius 3 is 1.09 bits per heavy atom. The maximum atomic E-state index is 9.19. The number of aliphatic hydroxyl groups is 2. The molecule has 23 heavy (non-hydrogen) atoms. The number of carboxylic acids is 1. The first-order valence-electron chi connectivity index (χ1n) is 6.56. The number of quaternary nitrogens is 2. The summed E-state index contributed by atoms with van der Waals surface area (Å²) < 4.78 is 10.9. The van der Waals surface area contributed by atoms with Gasteiger partial charge in [-0.15, -0.1) is 0 Å². The van der Waals surface area contributed by atoms with Crippen molar-refractivity contribution in [2.45, 2.75) is 6.92 Å². The van der Waals surface area contributed by atoms with Crippen LogP contribution in [0.3, 0.4) is 0 Å². The molecule has 0 spiro atoms. The lowest BCUT2D eigenvalue weighted by molar-refractivity contribution is -0.870. The molecule has 0 heterocycles. The van der Waals surface area contributed by atoms with Crippen molar-refractivity contribution in [3.63, 3.8) is 0 Å². The van der Waals surface area contributed by atoms with Crippen molar-refractivity contribution in [3.8, 4) is 0 Å². The molecule has 2 N–H and O–H groups in total. The van der Waals surface area contributed by atoms with Gasteiger partial charge in [0, 0.05) is 5.97 Å². The summed E-state index contributed by atoms with van der Waals surface area (Å²) in [5.41, 5.74) is 0. The van der Waals surface area contributed by atoms with Gasteiger partial charge >= 0.3 is 0 Å². The molecule has 0 aliphatic carbocycles. The fourth-order valence-electron chi connectivity index (χ4n) is 0.600. The molecule has 144 valence electrons. The van der Waals surface area contributed by atoms with Gasteiger partial charge in [0.25, 0.3) is 0 Å². The maximum absolute atomic E-state index is 9.19. The van der Waals surface area contributed by atoms with E-state index in [1.165, 1.54) is 0 Å². The fraction of sp³-hybridized carbons (Fsp3) is 0.917. The van der Waals surface area contributed by atoms with E-state index in [9.17, 15) is 9.46 Å². The molecule has 11 heteroatoms. The van der Waals surface area contributed by atoms with Crippen molar-refractivity contribution in [3.05, 3.63) is 0 Å². The number of aliphatic hydroxyl groups excluding tert-OH is 2. The molecule has 0 amide bonds. The Morgan fingerprint density at radius 1 is 0.957 bits per heavy atom. The third kappa shape index (κ3) is 136. The summed E-state index contributed by atoms with van der Waals surface area (Å²) in [6, 6.07) is 0. The second-order valence-electron chi connectivity index (χ2n) is 6.38. The predicted octanol–water partition coefficient (Wildman–Crippen LogP) is -0.942. The second-order valence-corrected chi connectivity index (χ2v) is 10.4. The molecule has 0 aliphatic heterocycles. The highest BCUT2D eigenvalue weighted by atomic mass is 35.9. The Morgan fingerprint density at radius 2 is 1.09 bits per heavy atom. The summed E-state index contributed by atoms with van der Waals surface area (Å²) in [5, 5.41) is 25.7. The van der Waals surface area contributed by atoms with Crippen molar-refractivity contribution < 1.29 is 38.5 Å². The van der Waals surface area contributed by atoms with Gasteiger partial charge < -0.3 is 38.5 Å². The number of nitrogens with zero attached hydrogens (tertiary/aromatic N) is 2. The summed E-state index contributed by atoms with van der Waals surface area (Å²) in [6.07, 6.45) is -3.94. The van der Waals surface area contributed by atoms with Crippen molar-refractivity contribution in [2.24, 2.45) is 0 Å². The predicted molar refractivity (Wildman–Crippen MR) is 90.0 cm³/mol. The van der Waals surface area contributed by atoms with Crippen molar-refractivity contribution in [1.82, 2.24) is 0 Å². The minimum Gasteiger partial charge on any atom is -0.776 e. The third-order valence-corrected chi connectivity index (χ3v) is 1.54. The number of likely N-dealkylation sites (N-methyl/N-ethyl adjacent to an activating group) is 2. The molecule has 0 fully saturated rings. The minimum atomic E-state index is -3.94. The van der Waals surface area contributed by atoms with E-state index in [4.69, 9.17) is 20.1 Å². The fourth-order valence-corrected chi connectivity index (χ4v) is 0.600. The van der Waals surface area contributed by atoms with Gasteiger partial charge in [-0.1, -0.05) is 22.5 Å². The van der Waals surface area contributed by atoms with Crippen LogP contribution in [0.1, 0.15) is 6.92 Å². The zero-order valence-corrected chi connectivity index (χ0v) is 17.4. The lowest BCUT2D eigenvalue weighted by Gasteiger charge is -2.21. The third-order valence-electron chi connectivity index (χ3n) is 1.54. The Kier molecular flexibility index (Phi) is 21.0. The minimum absolute atomic E-state index is 0.281. The monoisotopic (exact) mass is 400 g/mol. The average Bonchev–Trinajstić information content (AvgIpc) is 2.09. The van der Waals surface area contributed by atoms with E-state index in [1.54, 1.807) is 0 Å². The van der Waals surface area contributed by atoms with Crippen LogP contribution in [0.5, 0.6) is 0 Å². The number of carbonyl (C=O) groups is 1. The number of carbonyl (C=O) groups excluding carboxylic acids is 1. The van der Waals surface area contributed by atoms with Crippen LogP contribution >= 0.6 is 28.6 Å². The summed E-state index contributed by atoms with van der Waals surface area (Å²) in [7, 11) is 12.3. The zero-order chi connectivity index (χ0) is 19.9. The van der Waals surface area contributed by atoms with Crippen molar-refractivity contribution in [2.75, 3.05) is 68.6 Å². The average molecular weight is 401 g/mol. The Balaban J connectivity index is -0.000000107. The van der Waals surface area contributed by atoms with E-state index in [0.717, 1.165) is 29.0 Å². The summed E-state index contributed by atoms with van der Waals surface area (Å²) >= 11 is 8.59. The van der Waals surface area contributed by atoms with E-state index in [0.29, 0.717) is 0 Å². The van der Waals surface area contributed by atoms with Gasteiger partial charge in [-0.2, -0.15) is 0 Å². The van der Waals surface area contributed by atoms with Crippen LogP contribution in [0.4, 0.5) is 0 Å². The SMILES string of the molecule is CC(=O)[O-].C[N+](C)(C)CCO.C[N+](C)(C)CCO.O=P([O-])(Cl)Cl. The van der Waals surface area contributed by atoms with Crippen LogP contribution in [-0.4, -0.2) is 93.7 Å². The van der Waals surface area contributed by atoms with Gasteiger partial charge in [-0.25, -0.2) is 0 Å². The van der Waals surface area contributed by atoms with E-state index < -0.39 is 12.0 Å². The number of aliphatic carboxylic acids is 1. The molecular weight excluding hydrogens is 370 g/mol. The molecule has 0 aliphatic rings. The number of rotatable bonds is 4. The first-order valence-corrected chi connectivity index (χ1v) is 9.99. The zero-order valence-electron chi connectivity index (χ0n) is 15.0. The first kappa shape index (κ1) is 30.9. The van der Waals surface area contributed by atoms with E-state index in [1.807, 2.05) is 0 Å². The van der Waals surface area contributed by atoms with Gasteiger partial charge in [0.15, 0.2) is 6.07 Å². The van der Waals surface area contributed by atoms with Crippen LogP contribution in [0.2, 0.25) is 0 Å². The topological polar surface area (TPSA) is 121 Å². The van der Waals surface area contributed by atoms with E-state index in [2.05, 4.69) is 64.8 Å². The van der Waals surface area contributed by atoms with Crippen LogP contribution < -0.4 is 10.00 Å². The largest absolute Gasteiger partial charge is 0.776 e. The van der Waals surface area contributed by atoms with Gasteiger partial charge in [-0.3, -0.25) is 0 Å². The second kappa shape index (κ2) is 15.6. The van der Waals surface area contributed by atoms with Gasteiger partial charge in [0.1, 0.15) is 13.1 Å². The summed E-state index contributed by atoms with van der Waals surface area (Å²) in [5.74, 6) is -1.08. The molecule has 0 aromatic heterocycles. The molecule has 0 saturated heterocycles. The molecule has 0 rings (SSSR count). The maximum Gasteiger partial charge on any atom is 0.186 e. The normalized spacial score (nSPS) is 11.0. The van der Waals surface area contributed by atoms with Crippen LogP contribution in [0, 0.1) is 0 Å². The number of hydrogen-bond donors (Lipinski definition) is 2. The van der Waals surface area contributed by atoms with Crippen molar-refractivity contribution in [1.29, 1.82) is 0 Å². The molecule has 0 aromatic rings. The molecule has 0 bridgehead atoms. The van der Waals surface area contributed by atoms with Crippen LogP contribution in [-0.2, 0) is 9.36 Å². The van der Waals surface area contributed by atoms with E-state index >= 15 is 0 Å². The molecule has 0 unspecified atom stereocenters. The highest BCUT2D eigenvalue weighted by Gasteiger charge is 2.02. The van der Waals surface area contributed by atoms with Gasteiger partial charge in [-0.05, 0) is 6.92 Å². The highest BCUT2D eigenvalue weighted by molar-refractivity contribution is 8.03. The molecule has 0 aromatic carbocycles. The quantitative estimate of drug-likeness (QED) is 0.463. The standard InChI is InChI=1S/2C5H14NO.C2H4O2.Cl2HO2P/c2*1-6(2,3)4-5-7;1-2(3)4;1-5(2,3)4/h2*7H,4-5H2,1-3H3;1H3,(H,3,4);(H,3,4)/q2*+1;;/p-2. The summed E-state index contributed by atoms with van der Waals surface area (Å²) in [6.45, 7) is 3.20. The van der Waals surface area contributed by atoms with Gasteiger partial charge in [0.2, 0.25) is 0 Å². The molecule has 0 radical (unpaired) electrons. The Hall–Kier alpha value is 0.0800. The molecule has 0 atom stereocenters. The summed E-state index contributed by atoms with van der Waals surface area (Å²) in [4.78, 5) is 18.1. The Labute approximate surface area is 149 Å².